The third kappa shape index (κ3) is 2.63. The van der Waals surface area contributed by atoms with Crippen LogP contribution in [-0.4, -0.2) is 29.0 Å². The molecule has 0 bridgehead atoms. The number of nitrogens with zero attached hydrogens (tertiary/aromatic N) is 1. The summed E-state index contributed by atoms with van der Waals surface area (Å²) in [5, 5.41) is 12.2. The van der Waals surface area contributed by atoms with Crippen LogP contribution in [0.15, 0.2) is 12.1 Å². The number of hydrogen-bond acceptors (Lipinski definition) is 4. The van der Waals surface area contributed by atoms with Crippen LogP contribution in [0.5, 0.6) is 0 Å². The average Bonchev–Trinajstić information content (AvgIpc) is 2.37. The number of aryl methyl sites for hydroxylation is 1. The molecule has 21 heavy (non-hydrogen) atoms. The van der Waals surface area contributed by atoms with E-state index in [4.69, 9.17) is 0 Å². The van der Waals surface area contributed by atoms with Crippen LogP contribution in [-0.2, 0) is 9.59 Å². The molecule has 0 aromatic heterocycles. The second kappa shape index (κ2) is 5.11. The van der Waals surface area contributed by atoms with E-state index in [1.165, 1.54) is 13.0 Å². The van der Waals surface area contributed by atoms with Crippen LogP contribution >= 0.6 is 0 Å². The molecule has 0 radical (unpaired) electrons. The van der Waals surface area contributed by atoms with E-state index in [2.05, 4.69) is 5.32 Å². The minimum atomic E-state index is -0.970. The van der Waals surface area contributed by atoms with Gasteiger partial charge in [0, 0.05) is 11.3 Å². The van der Waals surface area contributed by atoms with E-state index in [1.54, 1.807) is 31.7 Å². The molecule has 1 aliphatic heterocycles. The number of carbonyl (C=O) groups excluding carboxylic acids is 2. The number of nitrogens with one attached hydrogen (secondary N) is 1. The Morgan fingerprint density at radius 3 is 2.57 bits per heavy atom. The van der Waals surface area contributed by atoms with Gasteiger partial charge in [-0.2, -0.15) is 0 Å². The van der Waals surface area contributed by atoms with Crippen molar-refractivity contribution in [1.29, 1.82) is 0 Å². The number of aliphatic hydroxyl groups is 1. The lowest BCUT2D eigenvalue weighted by molar-refractivity contribution is -0.135. The van der Waals surface area contributed by atoms with Crippen molar-refractivity contribution in [3.8, 4) is 0 Å². The van der Waals surface area contributed by atoms with Gasteiger partial charge in [0.2, 0.25) is 5.91 Å². The quantitative estimate of drug-likeness (QED) is 0.810. The van der Waals surface area contributed by atoms with Crippen molar-refractivity contribution in [3.05, 3.63) is 29.1 Å². The number of benzene rings is 1. The number of piperazine rings is 1. The van der Waals surface area contributed by atoms with Gasteiger partial charge in [0.1, 0.15) is 11.4 Å². The minimum Gasteiger partial charge on any atom is -0.389 e. The Hall–Kier alpha value is -1.95. The molecule has 1 atom stereocenters. The van der Waals surface area contributed by atoms with Gasteiger partial charge >= 0.3 is 0 Å². The molecule has 1 fully saturated rings. The zero-order chi connectivity index (χ0) is 15.9. The Balaban J connectivity index is 2.61. The number of halogens is 1. The number of amides is 2. The van der Waals surface area contributed by atoms with Crippen LogP contribution in [0.25, 0.3) is 0 Å². The Bertz CT molecular complexity index is 611. The highest BCUT2D eigenvalue weighted by Gasteiger charge is 2.42. The Morgan fingerprint density at radius 2 is 2.00 bits per heavy atom. The fourth-order valence-corrected chi connectivity index (χ4v) is 2.42. The standard InChI is InChI=1S/C15H19FN2O3/c1-8-5-12(10(9(2)19)6-11(8)16)18-7-13(20)17-14(21)15(18,3)4/h5-6,9,19H,7H2,1-4H3,(H,17,20,21). The number of imide groups is 1. The molecular weight excluding hydrogens is 275 g/mol. The summed E-state index contributed by atoms with van der Waals surface area (Å²) >= 11 is 0. The summed E-state index contributed by atoms with van der Waals surface area (Å²) in [5.74, 6) is -1.27. The number of anilines is 1. The average molecular weight is 294 g/mol. The fraction of sp³-hybridized carbons (Fsp3) is 0.467. The fourth-order valence-electron chi connectivity index (χ4n) is 2.42. The van der Waals surface area contributed by atoms with Gasteiger partial charge in [0.25, 0.3) is 5.91 Å². The highest BCUT2D eigenvalue weighted by Crippen LogP contribution is 2.34. The maximum absolute atomic E-state index is 13.8. The molecule has 1 saturated heterocycles. The van der Waals surface area contributed by atoms with Gasteiger partial charge in [-0.3, -0.25) is 14.9 Å². The molecule has 6 heteroatoms. The summed E-state index contributed by atoms with van der Waals surface area (Å²) in [7, 11) is 0. The van der Waals surface area contributed by atoms with Gasteiger partial charge in [0.15, 0.2) is 0 Å². The van der Waals surface area contributed by atoms with Crippen molar-refractivity contribution in [2.24, 2.45) is 0 Å². The molecule has 0 spiro atoms. The zero-order valence-corrected chi connectivity index (χ0v) is 12.5. The van der Waals surface area contributed by atoms with Gasteiger partial charge in [-0.25, -0.2) is 4.39 Å². The smallest absolute Gasteiger partial charge is 0.251 e. The SMILES string of the molecule is Cc1cc(N2CC(=O)NC(=O)C2(C)C)c(C(C)O)cc1F. The van der Waals surface area contributed by atoms with Crippen LogP contribution in [0.3, 0.4) is 0 Å². The van der Waals surface area contributed by atoms with E-state index < -0.39 is 29.3 Å². The maximum atomic E-state index is 13.8. The molecule has 2 amide bonds. The van der Waals surface area contributed by atoms with Crippen molar-refractivity contribution in [2.45, 2.75) is 39.3 Å². The predicted molar refractivity (Wildman–Crippen MR) is 76.3 cm³/mol. The lowest BCUT2D eigenvalue weighted by Gasteiger charge is -2.43. The number of aliphatic hydroxyl groups excluding tert-OH is 1. The van der Waals surface area contributed by atoms with Crippen LogP contribution in [0.2, 0.25) is 0 Å². The summed E-state index contributed by atoms with van der Waals surface area (Å²) in [4.78, 5) is 25.3. The third-order valence-corrected chi connectivity index (χ3v) is 3.83. The second-order valence-electron chi connectivity index (χ2n) is 5.86. The minimum absolute atomic E-state index is 0.0243. The van der Waals surface area contributed by atoms with Crippen LogP contribution in [0, 0.1) is 12.7 Å². The zero-order valence-electron chi connectivity index (χ0n) is 12.5. The largest absolute Gasteiger partial charge is 0.389 e. The summed E-state index contributed by atoms with van der Waals surface area (Å²) in [6.45, 7) is 6.46. The lowest BCUT2D eigenvalue weighted by atomic mass is 9.94. The molecule has 2 N–H and O–H groups in total. The topological polar surface area (TPSA) is 69.6 Å². The van der Waals surface area contributed by atoms with Crippen LogP contribution in [0.4, 0.5) is 10.1 Å². The van der Waals surface area contributed by atoms with E-state index in [1.807, 2.05) is 0 Å². The summed E-state index contributed by atoms with van der Waals surface area (Å²) in [6.07, 6.45) is -0.911. The van der Waals surface area contributed by atoms with E-state index >= 15 is 0 Å². The molecule has 0 aliphatic carbocycles. The molecular formula is C15H19FN2O3. The first-order valence-electron chi connectivity index (χ1n) is 6.74. The Kier molecular flexibility index (Phi) is 3.76. The molecule has 1 aromatic rings. The molecule has 2 rings (SSSR count). The van der Waals surface area contributed by atoms with E-state index in [9.17, 15) is 19.1 Å². The van der Waals surface area contributed by atoms with Crippen molar-refractivity contribution < 1.29 is 19.1 Å². The van der Waals surface area contributed by atoms with Crippen LogP contribution < -0.4 is 10.2 Å². The van der Waals surface area contributed by atoms with Crippen molar-refractivity contribution in [3.63, 3.8) is 0 Å². The van der Waals surface area contributed by atoms with E-state index in [0.29, 0.717) is 16.8 Å². The molecule has 0 saturated carbocycles. The first kappa shape index (κ1) is 15.4. The second-order valence-corrected chi connectivity index (χ2v) is 5.86. The summed E-state index contributed by atoms with van der Waals surface area (Å²) in [6, 6.07) is 2.81. The summed E-state index contributed by atoms with van der Waals surface area (Å²) in [5.41, 5.74) is 0.274. The first-order valence-corrected chi connectivity index (χ1v) is 6.74. The molecule has 1 aromatic carbocycles. The van der Waals surface area contributed by atoms with Gasteiger partial charge in [-0.05, 0) is 45.4 Å². The predicted octanol–water partition coefficient (Wildman–Crippen LogP) is 1.43. The molecule has 114 valence electrons. The summed E-state index contributed by atoms with van der Waals surface area (Å²) < 4.78 is 13.8. The number of rotatable bonds is 2. The number of hydrogen-bond donors (Lipinski definition) is 2. The molecule has 1 unspecified atom stereocenters. The molecule has 5 nitrogen and oxygen atoms in total. The highest BCUT2D eigenvalue weighted by molar-refractivity contribution is 6.06. The third-order valence-electron chi connectivity index (χ3n) is 3.83. The van der Waals surface area contributed by atoms with Crippen LogP contribution in [0.1, 0.15) is 38.0 Å². The highest BCUT2D eigenvalue weighted by atomic mass is 19.1. The molecule has 1 aliphatic rings. The normalized spacial score (nSPS) is 19.4. The van der Waals surface area contributed by atoms with E-state index in [0.717, 1.165) is 0 Å². The first-order chi connectivity index (χ1) is 9.64. The Morgan fingerprint density at radius 1 is 1.38 bits per heavy atom. The number of carbonyl (C=O) groups is 2. The van der Waals surface area contributed by atoms with Gasteiger partial charge < -0.3 is 10.0 Å². The van der Waals surface area contributed by atoms with Gasteiger partial charge in [0.05, 0.1) is 12.6 Å². The van der Waals surface area contributed by atoms with Gasteiger partial charge in [-0.15, -0.1) is 0 Å². The van der Waals surface area contributed by atoms with Crippen molar-refractivity contribution >= 4 is 17.5 Å². The van der Waals surface area contributed by atoms with E-state index in [-0.39, 0.29) is 6.54 Å². The van der Waals surface area contributed by atoms with Crippen molar-refractivity contribution in [1.82, 2.24) is 5.32 Å². The van der Waals surface area contributed by atoms with Crippen molar-refractivity contribution in [2.75, 3.05) is 11.4 Å². The lowest BCUT2D eigenvalue weighted by Crippen LogP contribution is -2.64. The van der Waals surface area contributed by atoms with Gasteiger partial charge in [-0.1, -0.05) is 0 Å². The monoisotopic (exact) mass is 294 g/mol. The maximum Gasteiger partial charge on any atom is 0.251 e. The molecule has 1 heterocycles. The Labute approximate surface area is 122 Å².